The standard InChI is InChI=1S/C19H22N4O4/c20-14(24)13-3-1-6-21-15(13)27-12-9-18(10-12)7-11(8-18)23-16(25)19(4-2-5-19)22-17(23)26/h1,3,6,11-12H,2,4-5,7-10H2,(H2,20,24)(H,22,26). The Morgan fingerprint density at radius 3 is 2.59 bits per heavy atom. The van der Waals surface area contributed by atoms with Crippen LogP contribution < -0.4 is 15.8 Å². The number of imide groups is 1. The molecule has 0 atom stereocenters. The zero-order chi connectivity index (χ0) is 18.8. The number of aromatic nitrogens is 1. The summed E-state index contributed by atoms with van der Waals surface area (Å²) in [7, 11) is 0. The van der Waals surface area contributed by atoms with E-state index >= 15 is 0 Å². The molecule has 8 nitrogen and oxygen atoms in total. The number of hydrogen-bond donors (Lipinski definition) is 2. The Bertz CT molecular complexity index is 836. The minimum absolute atomic E-state index is 0.00513. The van der Waals surface area contributed by atoms with Crippen LogP contribution in [0.5, 0.6) is 5.88 Å². The summed E-state index contributed by atoms with van der Waals surface area (Å²) in [5.41, 5.74) is 5.18. The molecule has 3 saturated carbocycles. The lowest BCUT2D eigenvalue weighted by Crippen LogP contribution is -2.61. The van der Waals surface area contributed by atoms with Gasteiger partial charge in [0.05, 0.1) is 0 Å². The van der Waals surface area contributed by atoms with E-state index in [9.17, 15) is 14.4 Å². The molecule has 3 N–H and O–H groups in total. The zero-order valence-electron chi connectivity index (χ0n) is 14.9. The average Bonchev–Trinajstić information content (AvgIpc) is 2.80. The van der Waals surface area contributed by atoms with Gasteiger partial charge in [-0.3, -0.25) is 14.5 Å². The van der Waals surface area contributed by atoms with Gasteiger partial charge in [-0.25, -0.2) is 9.78 Å². The number of amides is 4. The minimum atomic E-state index is -0.602. The molecule has 0 unspecified atom stereocenters. The lowest BCUT2D eigenvalue weighted by molar-refractivity contribution is -0.146. The molecule has 0 aromatic carbocycles. The van der Waals surface area contributed by atoms with Gasteiger partial charge in [-0.2, -0.15) is 0 Å². The molecule has 3 aliphatic carbocycles. The Hall–Kier alpha value is -2.64. The van der Waals surface area contributed by atoms with E-state index < -0.39 is 11.4 Å². The Morgan fingerprint density at radius 1 is 1.26 bits per heavy atom. The van der Waals surface area contributed by atoms with Crippen molar-refractivity contribution in [1.29, 1.82) is 0 Å². The quantitative estimate of drug-likeness (QED) is 0.776. The van der Waals surface area contributed by atoms with Crippen molar-refractivity contribution < 1.29 is 19.1 Å². The lowest BCUT2D eigenvalue weighted by atomic mass is 9.52. The summed E-state index contributed by atoms with van der Waals surface area (Å²) in [6, 6.07) is 3.02. The highest BCUT2D eigenvalue weighted by Crippen LogP contribution is 2.59. The largest absolute Gasteiger partial charge is 0.474 e. The maximum absolute atomic E-state index is 12.6. The van der Waals surface area contributed by atoms with Gasteiger partial charge in [0.25, 0.3) is 11.8 Å². The molecule has 5 rings (SSSR count). The van der Waals surface area contributed by atoms with Crippen LogP contribution in [0.25, 0.3) is 0 Å². The molecule has 27 heavy (non-hydrogen) atoms. The topological polar surface area (TPSA) is 115 Å². The van der Waals surface area contributed by atoms with E-state index in [2.05, 4.69) is 10.3 Å². The second kappa shape index (κ2) is 5.43. The molecule has 4 amide bonds. The lowest BCUT2D eigenvalue weighted by Gasteiger charge is -2.58. The number of pyridine rings is 1. The monoisotopic (exact) mass is 370 g/mol. The molecule has 2 spiro atoms. The Kier molecular flexibility index (Phi) is 3.33. The molecule has 0 bridgehead atoms. The van der Waals surface area contributed by atoms with E-state index in [4.69, 9.17) is 10.5 Å². The second-order valence-electron chi connectivity index (χ2n) is 8.47. The number of nitrogens with one attached hydrogen (secondary N) is 1. The number of hydrogen-bond acceptors (Lipinski definition) is 5. The van der Waals surface area contributed by atoms with Crippen molar-refractivity contribution in [3.05, 3.63) is 23.9 Å². The van der Waals surface area contributed by atoms with Crippen molar-refractivity contribution in [1.82, 2.24) is 15.2 Å². The fraction of sp³-hybridized carbons (Fsp3) is 0.579. The Labute approximate surface area is 156 Å². The number of carbonyl (C=O) groups excluding carboxylic acids is 3. The maximum atomic E-state index is 12.6. The van der Waals surface area contributed by atoms with Gasteiger partial charge in [-0.05, 0) is 62.5 Å². The molecule has 1 aliphatic heterocycles. The predicted octanol–water partition coefficient (Wildman–Crippen LogP) is 1.34. The summed E-state index contributed by atoms with van der Waals surface area (Å²) < 4.78 is 5.86. The summed E-state index contributed by atoms with van der Waals surface area (Å²) in [6.45, 7) is 0. The van der Waals surface area contributed by atoms with Crippen LogP contribution in [-0.2, 0) is 4.79 Å². The zero-order valence-corrected chi connectivity index (χ0v) is 14.9. The summed E-state index contributed by atoms with van der Waals surface area (Å²) in [5, 5.41) is 2.90. The molecule has 2 heterocycles. The third kappa shape index (κ3) is 2.35. The van der Waals surface area contributed by atoms with Gasteiger partial charge in [-0.15, -0.1) is 0 Å². The molecule has 4 aliphatic rings. The molecular formula is C19H22N4O4. The highest BCUT2D eigenvalue weighted by atomic mass is 16.5. The molecule has 0 radical (unpaired) electrons. The third-order valence-electron chi connectivity index (χ3n) is 6.74. The molecule has 8 heteroatoms. The minimum Gasteiger partial charge on any atom is -0.474 e. The summed E-state index contributed by atoms with van der Waals surface area (Å²) in [5.74, 6) is -0.314. The summed E-state index contributed by atoms with van der Waals surface area (Å²) in [6.07, 6.45) is 7.40. The van der Waals surface area contributed by atoms with Crippen molar-refractivity contribution in [2.45, 2.75) is 62.6 Å². The first-order valence-corrected chi connectivity index (χ1v) is 9.49. The normalized spacial score (nSPS) is 33.3. The van der Waals surface area contributed by atoms with Crippen molar-refractivity contribution >= 4 is 17.8 Å². The SMILES string of the molecule is NC(=O)c1cccnc1OC1CC2(C1)CC(N1C(=O)NC3(CCC3)C1=O)C2. The van der Waals surface area contributed by atoms with Crippen LogP contribution in [0.4, 0.5) is 4.79 Å². The van der Waals surface area contributed by atoms with E-state index in [0.29, 0.717) is 0 Å². The smallest absolute Gasteiger partial charge is 0.325 e. The molecule has 1 saturated heterocycles. The number of carbonyl (C=O) groups is 3. The number of nitrogens with zero attached hydrogens (tertiary/aromatic N) is 2. The second-order valence-corrected chi connectivity index (χ2v) is 8.47. The Morgan fingerprint density at radius 2 is 2.00 bits per heavy atom. The van der Waals surface area contributed by atoms with E-state index in [0.717, 1.165) is 44.9 Å². The van der Waals surface area contributed by atoms with Crippen molar-refractivity contribution in [2.24, 2.45) is 11.1 Å². The highest BCUT2D eigenvalue weighted by Gasteiger charge is 2.62. The van der Waals surface area contributed by atoms with Crippen molar-refractivity contribution in [3.8, 4) is 5.88 Å². The number of ether oxygens (including phenoxy) is 1. The predicted molar refractivity (Wildman–Crippen MR) is 93.8 cm³/mol. The Balaban J connectivity index is 1.18. The van der Waals surface area contributed by atoms with Gasteiger partial charge in [0.2, 0.25) is 5.88 Å². The summed E-state index contributed by atoms with van der Waals surface area (Å²) in [4.78, 5) is 42.0. The highest BCUT2D eigenvalue weighted by molar-refractivity contribution is 6.08. The van der Waals surface area contributed by atoms with Crippen LogP contribution in [0.1, 0.15) is 55.3 Å². The van der Waals surface area contributed by atoms with Crippen LogP contribution in [-0.4, -0.2) is 45.4 Å². The van der Waals surface area contributed by atoms with E-state index in [-0.39, 0.29) is 40.9 Å². The fourth-order valence-corrected chi connectivity index (χ4v) is 5.12. The van der Waals surface area contributed by atoms with E-state index in [1.54, 1.807) is 18.3 Å². The van der Waals surface area contributed by atoms with Crippen LogP contribution in [0, 0.1) is 5.41 Å². The molecular weight excluding hydrogens is 348 g/mol. The van der Waals surface area contributed by atoms with E-state index in [1.807, 2.05) is 0 Å². The van der Waals surface area contributed by atoms with Gasteiger partial charge in [0.15, 0.2) is 0 Å². The average molecular weight is 370 g/mol. The van der Waals surface area contributed by atoms with Gasteiger partial charge < -0.3 is 15.8 Å². The maximum Gasteiger partial charge on any atom is 0.325 e. The first kappa shape index (κ1) is 16.5. The van der Waals surface area contributed by atoms with Gasteiger partial charge in [-0.1, -0.05) is 0 Å². The number of rotatable bonds is 4. The van der Waals surface area contributed by atoms with Crippen molar-refractivity contribution in [3.63, 3.8) is 0 Å². The molecule has 142 valence electrons. The van der Waals surface area contributed by atoms with Crippen molar-refractivity contribution in [2.75, 3.05) is 0 Å². The first-order chi connectivity index (χ1) is 12.9. The fourth-order valence-electron chi connectivity index (χ4n) is 5.12. The van der Waals surface area contributed by atoms with E-state index in [1.165, 1.54) is 4.90 Å². The van der Waals surface area contributed by atoms with Gasteiger partial charge in [0, 0.05) is 12.2 Å². The van der Waals surface area contributed by atoms with Crippen LogP contribution in [0.2, 0.25) is 0 Å². The summed E-state index contributed by atoms with van der Waals surface area (Å²) >= 11 is 0. The third-order valence-corrected chi connectivity index (χ3v) is 6.74. The number of primary amides is 1. The molecule has 4 fully saturated rings. The van der Waals surface area contributed by atoms with Crippen LogP contribution in [0.3, 0.4) is 0 Å². The molecule has 1 aromatic rings. The van der Waals surface area contributed by atoms with Crippen LogP contribution in [0.15, 0.2) is 18.3 Å². The van der Waals surface area contributed by atoms with Gasteiger partial charge >= 0.3 is 6.03 Å². The first-order valence-electron chi connectivity index (χ1n) is 9.49. The molecule has 1 aromatic heterocycles. The van der Waals surface area contributed by atoms with Gasteiger partial charge in [0.1, 0.15) is 17.2 Å². The number of urea groups is 1. The van der Waals surface area contributed by atoms with Crippen LogP contribution >= 0.6 is 0 Å². The number of nitrogens with two attached hydrogens (primary N) is 1.